The van der Waals surface area contributed by atoms with E-state index in [1.807, 2.05) is 36.4 Å². The Bertz CT molecular complexity index is 2270. The van der Waals surface area contributed by atoms with Gasteiger partial charge in [-0.2, -0.15) is 0 Å². The highest BCUT2D eigenvalue weighted by Crippen LogP contribution is 2.63. The molecule has 1 aliphatic carbocycles. The van der Waals surface area contributed by atoms with Crippen molar-refractivity contribution in [1.29, 1.82) is 0 Å². The van der Waals surface area contributed by atoms with Gasteiger partial charge in [-0.05, 0) is 54.0 Å². The molecule has 1 aromatic heterocycles. The molecule has 3 heterocycles. The third kappa shape index (κ3) is 4.05. The number of allylic oxidation sites excluding steroid dienone is 2. The van der Waals surface area contributed by atoms with Crippen LogP contribution in [0.25, 0.3) is 5.69 Å². The number of rotatable bonds is 5. The van der Waals surface area contributed by atoms with Gasteiger partial charge in [0.15, 0.2) is 0 Å². The topological polar surface area (TPSA) is 116 Å². The highest BCUT2D eigenvalue weighted by molar-refractivity contribution is 6.32. The van der Waals surface area contributed by atoms with E-state index < -0.39 is 46.5 Å². The van der Waals surface area contributed by atoms with Crippen molar-refractivity contribution in [3.8, 4) is 17.2 Å². The first kappa shape index (κ1) is 29.8. The first-order valence-corrected chi connectivity index (χ1v) is 15.9. The number of nitrogens with zero attached hydrogens (tertiary/aromatic N) is 4. The molecule has 4 atom stereocenters. The number of halogens is 1. The minimum Gasteiger partial charge on any atom is -0.508 e. The van der Waals surface area contributed by atoms with Gasteiger partial charge < -0.3 is 9.84 Å². The third-order valence-electron chi connectivity index (χ3n) is 9.97. The number of para-hydroxylation sites is 1. The lowest BCUT2D eigenvalue weighted by atomic mass is 9.53. The van der Waals surface area contributed by atoms with Gasteiger partial charge in [0, 0.05) is 22.6 Å². The molecule has 48 heavy (non-hydrogen) atoms. The minimum atomic E-state index is -1.48. The Hall–Kier alpha value is -5.61. The number of ether oxygens (including phenoxy) is 1. The van der Waals surface area contributed by atoms with Crippen molar-refractivity contribution in [3.63, 3.8) is 0 Å². The maximum absolute atomic E-state index is 15.3. The molecule has 0 radical (unpaired) electrons. The number of imide groups is 1. The zero-order chi connectivity index (χ0) is 33.3. The number of phenolic OH excluding ortho intramolecular Hbond substituents is 1. The Balaban J connectivity index is 1.43. The number of fused-ring (bicyclic) bond motifs is 4. The van der Waals surface area contributed by atoms with Gasteiger partial charge in [-0.25, -0.2) is 28.4 Å². The number of aromatic nitrogens is 3. The smallest absolute Gasteiger partial charge is 0.352 e. The van der Waals surface area contributed by atoms with Gasteiger partial charge >= 0.3 is 11.4 Å². The summed E-state index contributed by atoms with van der Waals surface area (Å²) in [5.41, 5.74) is 0.0918. The third-order valence-corrected chi connectivity index (χ3v) is 10.2. The first-order chi connectivity index (χ1) is 23.3. The molecule has 0 unspecified atom stereocenters. The number of benzene rings is 4. The lowest BCUT2D eigenvalue weighted by molar-refractivity contribution is -0.124. The van der Waals surface area contributed by atoms with E-state index in [9.17, 15) is 19.5 Å². The fraction of sp³-hybridized carbons (Fsp3) is 0.189. The average molecular weight is 661 g/mol. The van der Waals surface area contributed by atoms with Crippen LogP contribution in [0.15, 0.2) is 124 Å². The quantitative estimate of drug-likeness (QED) is 0.210. The Morgan fingerprint density at radius 3 is 2.25 bits per heavy atom. The molecule has 11 heteroatoms. The van der Waals surface area contributed by atoms with E-state index in [1.54, 1.807) is 60.7 Å². The van der Waals surface area contributed by atoms with E-state index in [0.717, 1.165) is 4.57 Å². The van der Waals surface area contributed by atoms with Gasteiger partial charge in [-0.1, -0.05) is 78.3 Å². The van der Waals surface area contributed by atoms with Gasteiger partial charge in [0.25, 0.3) is 0 Å². The predicted molar refractivity (Wildman–Crippen MR) is 179 cm³/mol. The maximum atomic E-state index is 15.3. The van der Waals surface area contributed by atoms with Crippen LogP contribution in [0.2, 0.25) is 5.02 Å². The monoisotopic (exact) mass is 660 g/mol. The molecule has 1 N–H and O–H groups in total. The molecular formula is C37H29ClN4O6. The molecule has 1 saturated heterocycles. The maximum Gasteiger partial charge on any atom is 0.352 e. The van der Waals surface area contributed by atoms with Crippen LogP contribution in [-0.4, -0.2) is 38.0 Å². The number of anilines is 1. The highest BCUT2D eigenvalue weighted by atomic mass is 35.5. The van der Waals surface area contributed by atoms with Gasteiger partial charge in [0.2, 0.25) is 11.8 Å². The number of hydrogen-bond donors (Lipinski definition) is 1. The number of methoxy groups -OCH3 is 1. The summed E-state index contributed by atoms with van der Waals surface area (Å²) in [7, 11) is 1.47. The van der Waals surface area contributed by atoms with E-state index in [-0.39, 0.29) is 18.7 Å². The standard InChI is InChI=1S/C37H29ClN4O6/c1-48-31-20-26(43)15-16-28(31)32-27-17-18-39-35(46)41(24-12-6-3-7-13-24)36(47)42(39)30(27)21-29-33(44)40(25-14-8-11-23(38)19-25)34(45)37(29,32)22-9-4-2-5-10-22/h2-17,19-20,29-30,32,43H,18,21H2,1H3/t29-,30+,32+,37+/m0/s1. The lowest BCUT2D eigenvalue weighted by Crippen LogP contribution is -2.53. The molecule has 8 rings (SSSR count). The summed E-state index contributed by atoms with van der Waals surface area (Å²) in [6.07, 6.45) is 1.95. The van der Waals surface area contributed by atoms with Gasteiger partial charge in [0.05, 0.1) is 42.4 Å². The molecule has 1 saturated carbocycles. The van der Waals surface area contributed by atoms with Crippen molar-refractivity contribution in [2.45, 2.75) is 30.3 Å². The number of carbonyl (C=O) groups is 2. The molecule has 2 fully saturated rings. The molecule has 0 spiro atoms. The number of amides is 2. The van der Waals surface area contributed by atoms with E-state index in [2.05, 4.69) is 0 Å². The molecular weight excluding hydrogens is 632 g/mol. The van der Waals surface area contributed by atoms with Crippen LogP contribution in [-0.2, 0) is 21.5 Å². The number of aromatic hydroxyl groups is 1. The van der Waals surface area contributed by atoms with Crippen LogP contribution in [0, 0.1) is 5.92 Å². The van der Waals surface area contributed by atoms with Crippen molar-refractivity contribution in [3.05, 3.63) is 152 Å². The molecule has 4 aromatic carbocycles. The molecule has 3 aliphatic rings. The molecule has 5 aromatic rings. The molecule has 2 amide bonds. The summed E-state index contributed by atoms with van der Waals surface area (Å²) >= 11 is 6.37. The summed E-state index contributed by atoms with van der Waals surface area (Å²) in [6, 6.07) is 28.4. The normalized spacial score (nSPS) is 22.9. The Morgan fingerprint density at radius 1 is 0.833 bits per heavy atom. The molecule has 240 valence electrons. The van der Waals surface area contributed by atoms with Crippen LogP contribution in [0.4, 0.5) is 5.69 Å². The number of phenols is 1. The summed E-state index contributed by atoms with van der Waals surface area (Å²) in [5, 5.41) is 10.8. The van der Waals surface area contributed by atoms with Crippen LogP contribution in [0.1, 0.15) is 29.5 Å². The predicted octanol–water partition coefficient (Wildman–Crippen LogP) is 4.96. The fourth-order valence-corrected chi connectivity index (χ4v) is 8.27. The van der Waals surface area contributed by atoms with E-state index >= 15 is 4.79 Å². The molecule has 2 aliphatic heterocycles. The van der Waals surface area contributed by atoms with Crippen molar-refractivity contribution >= 4 is 29.1 Å². The zero-order valence-electron chi connectivity index (χ0n) is 25.7. The largest absolute Gasteiger partial charge is 0.508 e. The summed E-state index contributed by atoms with van der Waals surface area (Å²) in [5.74, 6) is -2.41. The van der Waals surface area contributed by atoms with E-state index in [4.69, 9.17) is 16.3 Å². The zero-order valence-corrected chi connectivity index (χ0v) is 26.4. The first-order valence-electron chi connectivity index (χ1n) is 15.5. The highest BCUT2D eigenvalue weighted by Gasteiger charge is 2.69. The second kappa shape index (κ2) is 11.0. The van der Waals surface area contributed by atoms with E-state index in [1.165, 1.54) is 33.5 Å². The summed E-state index contributed by atoms with van der Waals surface area (Å²) < 4.78 is 9.76. The van der Waals surface area contributed by atoms with Crippen LogP contribution >= 0.6 is 11.6 Å². The second-order valence-electron chi connectivity index (χ2n) is 12.2. The van der Waals surface area contributed by atoms with Crippen molar-refractivity contribution in [1.82, 2.24) is 13.9 Å². The van der Waals surface area contributed by atoms with Crippen molar-refractivity contribution in [2.24, 2.45) is 5.92 Å². The summed E-state index contributed by atoms with van der Waals surface area (Å²) in [4.78, 5) is 59.3. The number of hydrogen-bond acceptors (Lipinski definition) is 6. The van der Waals surface area contributed by atoms with Crippen LogP contribution < -0.4 is 21.0 Å². The Morgan fingerprint density at radius 2 is 1.54 bits per heavy atom. The average Bonchev–Trinajstić information content (AvgIpc) is 3.49. The Kier molecular flexibility index (Phi) is 6.81. The Labute approximate surface area is 279 Å². The lowest BCUT2D eigenvalue weighted by Gasteiger charge is -2.49. The fourth-order valence-electron chi connectivity index (χ4n) is 8.09. The minimum absolute atomic E-state index is 0.0368. The van der Waals surface area contributed by atoms with Gasteiger partial charge in [-0.15, -0.1) is 0 Å². The van der Waals surface area contributed by atoms with Crippen LogP contribution in [0.3, 0.4) is 0 Å². The van der Waals surface area contributed by atoms with Crippen molar-refractivity contribution in [2.75, 3.05) is 12.0 Å². The summed E-state index contributed by atoms with van der Waals surface area (Å²) in [6.45, 7) is 0.0618. The second-order valence-corrected chi connectivity index (χ2v) is 12.7. The van der Waals surface area contributed by atoms with Crippen LogP contribution in [0.5, 0.6) is 11.5 Å². The van der Waals surface area contributed by atoms with Gasteiger partial charge in [0.1, 0.15) is 11.5 Å². The van der Waals surface area contributed by atoms with E-state index in [0.29, 0.717) is 38.8 Å². The number of carbonyl (C=O) groups excluding carboxylic acids is 2. The molecule has 0 bridgehead atoms. The van der Waals surface area contributed by atoms with Gasteiger partial charge in [-0.3, -0.25) is 9.59 Å². The SMILES string of the molecule is COc1cc(O)ccc1[C@H]1C2=CCn3c(=O)n(-c4ccccc4)c(=O)n3[C@@H]2C[C@H]2C(=O)N(c3cccc(Cl)c3)C(=O)[C@@]12c1ccccc1. The molecule has 10 nitrogen and oxygen atoms in total. The van der Waals surface area contributed by atoms with Crippen molar-refractivity contribution < 1.29 is 19.4 Å².